The van der Waals surface area contributed by atoms with E-state index in [0.29, 0.717) is 12.8 Å². The van der Waals surface area contributed by atoms with Crippen LogP contribution >= 0.6 is 0 Å². The molecule has 74 valence electrons. The Morgan fingerprint density at radius 2 is 2.29 bits per heavy atom. The first kappa shape index (κ1) is 10.7. The summed E-state index contributed by atoms with van der Waals surface area (Å²) in [6.45, 7) is 0. The summed E-state index contributed by atoms with van der Waals surface area (Å²) in [6, 6.07) is 0. The van der Waals surface area contributed by atoms with E-state index in [4.69, 9.17) is 18.0 Å². The number of hydrogen-bond acceptors (Lipinski definition) is 1. The van der Waals surface area contributed by atoms with Crippen LogP contribution in [0.2, 0.25) is 0 Å². The highest BCUT2D eigenvalue weighted by atomic mass is 16.4. The van der Waals surface area contributed by atoms with E-state index in [1.165, 1.54) is 0 Å². The maximum absolute atomic E-state index is 11.1. The topological polar surface area (TPSA) is 37.3 Å². The van der Waals surface area contributed by atoms with Crippen LogP contribution in [0.15, 0.2) is 0 Å². The van der Waals surface area contributed by atoms with Crippen molar-refractivity contribution in [3.63, 3.8) is 0 Å². The Balaban J connectivity index is 2.80. The average Bonchev–Trinajstić information content (AvgIpc) is 2.58. The highest BCUT2D eigenvalue weighted by molar-refractivity contribution is 5.79. The zero-order valence-corrected chi connectivity index (χ0v) is 8.12. The van der Waals surface area contributed by atoms with Crippen molar-refractivity contribution in [2.75, 3.05) is 0 Å². The first-order chi connectivity index (χ1) is 6.67. The van der Waals surface area contributed by atoms with E-state index in [1.807, 2.05) is 0 Å². The number of terminal acetylenes is 2. The molecule has 0 bridgehead atoms. The zero-order chi connectivity index (χ0) is 10.6. The highest BCUT2D eigenvalue weighted by Gasteiger charge is 2.47. The van der Waals surface area contributed by atoms with Gasteiger partial charge in [-0.25, -0.2) is 0 Å². The molecular formula is C12H14O2. The molecule has 1 aliphatic carbocycles. The van der Waals surface area contributed by atoms with E-state index in [2.05, 4.69) is 11.8 Å². The lowest BCUT2D eigenvalue weighted by Gasteiger charge is -2.25. The fraction of sp³-hybridized carbons (Fsp3) is 0.583. The van der Waals surface area contributed by atoms with Gasteiger partial charge in [-0.05, 0) is 25.2 Å². The number of rotatable bonds is 3. The third kappa shape index (κ3) is 1.61. The highest BCUT2D eigenvalue weighted by Crippen LogP contribution is 2.45. The molecule has 0 aromatic carbocycles. The van der Waals surface area contributed by atoms with Gasteiger partial charge in [-0.2, -0.15) is 0 Å². The van der Waals surface area contributed by atoms with Crippen molar-refractivity contribution < 1.29 is 9.90 Å². The smallest absolute Gasteiger partial charge is 0.322 e. The largest absolute Gasteiger partial charge is 0.480 e. The Morgan fingerprint density at radius 3 is 2.79 bits per heavy atom. The van der Waals surface area contributed by atoms with Crippen LogP contribution in [-0.2, 0) is 4.79 Å². The van der Waals surface area contributed by atoms with Crippen molar-refractivity contribution in [3.8, 4) is 24.7 Å². The van der Waals surface area contributed by atoms with Gasteiger partial charge in [0, 0.05) is 6.42 Å². The van der Waals surface area contributed by atoms with Gasteiger partial charge < -0.3 is 5.11 Å². The van der Waals surface area contributed by atoms with Crippen molar-refractivity contribution in [1.29, 1.82) is 0 Å². The summed E-state index contributed by atoms with van der Waals surface area (Å²) in [5, 5.41) is 9.14. The second kappa shape index (κ2) is 4.20. The summed E-state index contributed by atoms with van der Waals surface area (Å²) in [7, 11) is 0. The summed E-state index contributed by atoms with van der Waals surface area (Å²) in [6.07, 6.45) is 14.2. The van der Waals surface area contributed by atoms with Crippen LogP contribution in [0, 0.1) is 36.0 Å². The molecule has 2 unspecified atom stereocenters. The first-order valence-electron chi connectivity index (χ1n) is 4.82. The molecule has 0 amide bonds. The van der Waals surface area contributed by atoms with Gasteiger partial charge in [0.05, 0.1) is 0 Å². The van der Waals surface area contributed by atoms with Crippen LogP contribution in [0.3, 0.4) is 0 Å². The van der Waals surface area contributed by atoms with E-state index in [9.17, 15) is 4.79 Å². The maximum Gasteiger partial charge on any atom is 0.322 e. The Hall–Kier alpha value is -1.41. The second-order valence-electron chi connectivity index (χ2n) is 3.75. The normalized spacial score (nSPS) is 30.6. The number of aliphatic carboxylic acids is 1. The van der Waals surface area contributed by atoms with Crippen molar-refractivity contribution in [3.05, 3.63) is 0 Å². The second-order valence-corrected chi connectivity index (χ2v) is 3.75. The minimum atomic E-state index is -0.948. The Kier molecular flexibility index (Phi) is 3.20. The zero-order valence-electron chi connectivity index (χ0n) is 8.12. The van der Waals surface area contributed by atoms with Crippen LogP contribution in [0.5, 0.6) is 0 Å². The molecular weight excluding hydrogens is 176 g/mol. The maximum atomic E-state index is 11.1. The minimum Gasteiger partial charge on any atom is -0.480 e. The third-order valence-electron chi connectivity index (χ3n) is 3.10. The van der Waals surface area contributed by atoms with Crippen LogP contribution < -0.4 is 0 Å². The Morgan fingerprint density at radius 1 is 1.57 bits per heavy atom. The first-order valence-corrected chi connectivity index (χ1v) is 4.82. The van der Waals surface area contributed by atoms with Crippen molar-refractivity contribution in [2.24, 2.45) is 11.3 Å². The predicted octanol–water partition coefficient (Wildman–Crippen LogP) is 1.90. The van der Waals surface area contributed by atoms with Gasteiger partial charge in [0.15, 0.2) is 0 Å². The molecule has 2 heteroatoms. The van der Waals surface area contributed by atoms with E-state index >= 15 is 0 Å². The van der Waals surface area contributed by atoms with Gasteiger partial charge >= 0.3 is 5.97 Å². The molecule has 0 aromatic heterocycles. The van der Waals surface area contributed by atoms with Gasteiger partial charge in [-0.3, -0.25) is 4.79 Å². The van der Waals surface area contributed by atoms with E-state index in [-0.39, 0.29) is 5.92 Å². The van der Waals surface area contributed by atoms with Crippen molar-refractivity contribution >= 4 is 5.97 Å². The van der Waals surface area contributed by atoms with Gasteiger partial charge in [0.25, 0.3) is 0 Å². The summed E-state index contributed by atoms with van der Waals surface area (Å²) in [5.74, 6) is 4.20. The van der Waals surface area contributed by atoms with Gasteiger partial charge in [-0.1, -0.05) is 12.3 Å². The SMILES string of the molecule is C#CCCC1CCCC1(C#C)C(=O)O. The molecule has 0 aromatic rings. The summed E-state index contributed by atoms with van der Waals surface area (Å²) >= 11 is 0. The number of carbonyl (C=O) groups is 1. The van der Waals surface area contributed by atoms with Gasteiger partial charge in [-0.15, -0.1) is 18.8 Å². The van der Waals surface area contributed by atoms with Crippen LogP contribution in [0.25, 0.3) is 0 Å². The number of hydrogen-bond donors (Lipinski definition) is 1. The number of carboxylic acids is 1. The summed E-state index contributed by atoms with van der Waals surface area (Å²) in [5.41, 5.74) is -0.948. The summed E-state index contributed by atoms with van der Waals surface area (Å²) in [4.78, 5) is 11.1. The third-order valence-corrected chi connectivity index (χ3v) is 3.10. The molecule has 1 fully saturated rings. The average molecular weight is 190 g/mol. The standard InChI is InChI=1S/C12H14O2/c1-3-5-7-10-8-6-9-12(10,4-2)11(13)14/h1-2,10H,5-9H2,(H,13,14). The quantitative estimate of drug-likeness (QED) is 0.690. The fourth-order valence-corrected chi connectivity index (χ4v) is 2.26. The molecule has 0 radical (unpaired) electrons. The van der Waals surface area contributed by atoms with E-state index < -0.39 is 11.4 Å². The molecule has 2 nitrogen and oxygen atoms in total. The molecule has 0 saturated heterocycles. The van der Waals surface area contributed by atoms with Crippen molar-refractivity contribution in [2.45, 2.75) is 32.1 Å². The molecule has 0 heterocycles. The molecule has 1 aliphatic rings. The predicted molar refractivity (Wildman–Crippen MR) is 54.3 cm³/mol. The van der Waals surface area contributed by atoms with E-state index in [0.717, 1.165) is 19.3 Å². The van der Waals surface area contributed by atoms with E-state index in [1.54, 1.807) is 0 Å². The van der Waals surface area contributed by atoms with Gasteiger partial charge in [0.1, 0.15) is 5.41 Å². The lowest BCUT2D eigenvalue weighted by molar-refractivity contribution is -0.147. The molecule has 1 rings (SSSR count). The molecule has 0 aliphatic heterocycles. The van der Waals surface area contributed by atoms with Crippen LogP contribution in [0.1, 0.15) is 32.1 Å². The molecule has 1 N–H and O–H groups in total. The lowest BCUT2D eigenvalue weighted by atomic mass is 9.76. The monoisotopic (exact) mass is 190 g/mol. The van der Waals surface area contributed by atoms with Crippen LogP contribution in [-0.4, -0.2) is 11.1 Å². The molecule has 14 heavy (non-hydrogen) atoms. The molecule has 1 saturated carbocycles. The lowest BCUT2D eigenvalue weighted by Crippen LogP contribution is -2.33. The minimum absolute atomic E-state index is 0.0565. The summed E-state index contributed by atoms with van der Waals surface area (Å²) < 4.78 is 0. The van der Waals surface area contributed by atoms with Gasteiger partial charge in [0.2, 0.25) is 0 Å². The Bertz CT molecular complexity index is 305. The number of carboxylic acid groups (broad SMARTS) is 1. The molecule has 2 atom stereocenters. The Labute approximate surface area is 84.7 Å². The van der Waals surface area contributed by atoms with Crippen molar-refractivity contribution in [1.82, 2.24) is 0 Å². The van der Waals surface area contributed by atoms with Crippen LogP contribution in [0.4, 0.5) is 0 Å². The fourth-order valence-electron chi connectivity index (χ4n) is 2.26. The molecule has 0 spiro atoms.